The van der Waals surface area contributed by atoms with Crippen molar-refractivity contribution in [1.82, 2.24) is 15.3 Å². The van der Waals surface area contributed by atoms with Crippen LogP contribution in [-0.4, -0.2) is 35.1 Å². The molecular weight excluding hydrogens is 286 g/mol. The van der Waals surface area contributed by atoms with Gasteiger partial charge in [-0.25, -0.2) is 4.98 Å². The van der Waals surface area contributed by atoms with Crippen LogP contribution < -0.4 is 5.32 Å². The van der Waals surface area contributed by atoms with E-state index in [1.54, 1.807) is 23.7 Å². The van der Waals surface area contributed by atoms with Gasteiger partial charge in [0.05, 0.1) is 5.69 Å². The molecule has 1 N–H and O–H groups in total. The van der Waals surface area contributed by atoms with Crippen LogP contribution in [0.3, 0.4) is 0 Å². The predicted molar refractivity (Wildman–Crippen MR) is 81.0 cm³/mol. The number of carbonyl (C=O) groups excluding carboxylic acids is 1. The molecule has 1 unspecified atom stereocenters. The first kappa shape index (κ1) is 14.2. The minimum atomic E-state index is -0.257. The summed E-state index contributed by atoms with van der Waals surface area (Å²) in [4.78, 5) is 20.4. The molecule has 110 valence electrons. The second-order valence-electron chi connectivity index (χ2n) is 4.92. The largest absolute Gasteiger partial charge is 0.368 e. The van der Waals surface area contributed by atoms with Gasteiger partial charge in [-0.1, -0.05) is 0 Å². The van der Waals surface area contributed by atoms with Crippen molar-refractivity contribution < 1.29 is 9.53 Å². The lowest BCUT2D eigenvalue weighted by atomic mass is 10.2. The summed E-state index contributed by atoms with van der Waals surface area (Å²) in [6, 6.07) is 3.89. The van der Waals surface area contributed by atoms with E-state index in [0.29, 0.717) is 13.2 Å². The zero-order valence-corrected chi connectivity index (χ0v) is 12.4. The van der Waals surface area contributed by atoms with Gasteiger partial charge in [0.1, 0.15) is 11.1 Å². The zero-order chi connectivity index (χ0) is 14.5. The van der Waals surface area contributed by atoms with Gasteiger partial charge in [-0.15, -0.1) is 11.3 Å². The Morgan fingerprint density at radius 3 is 3.05 bits per heavy atom. The van der Waals surface area contributed by atoms with Crippen molar-refractivity contribution in [3.8, 4) is 10.6 Å². The smallest absolute Gasteiger partial charge is 0.249 e. The van der Waals surface area contributed by atoms with Gasteiger partial charge < -0.3 is 10.1 Å². The van der Waals surface area contributed by atoms with Gasteiger partial charge in [-0.2, -0.15) is 0 Å². The Morgan fingerprint density at radius 2 is 2.29 bits per heavy atom. The third-order valence-corrected chi connectivity index (χ3v) is 4.32. The number of nitrogens with zero attached hydrogens (tertiary/aromatic N) is 2. The Labute approximate surface area is 127 Å². The molecular formula is C15H17N3O2S. The number of aromatic nitrogens is 2. The Hall–Kier alpha value is -1.79. The highest BCUT2D eigenvalue weighted by Crippen LogP contribution is 2.22. The van der Waals surface area contributed by atoms with Crippen LogP contribution in [-0.2, 0) is 16.0 Å². The van der Waals surface area contributed by atoms with Gasteiger partial charge in [-0.05, 0) is 25.0 Å². The second-order valence-corrected chi connectivity index (χ2v) is 5.78. The molecule has 2 aromatic heterocycles. The lowest BCUT2D eigenvalue weighted by molar-refractivity contribution is -0.129. The number of ether oxygens (including phenoxy) is 1. The third-order valence-electron chi connectivity index (χ3n) is 3.38. The summed E-state index contributed by atoms with van der Waals surface area (Å²) in [5, 5.41) is 5.93. The molecule has 1 aliphatic heterocycles. The first-order valence-corrected chi connectivity index (χ1v) is 7.95. The maximum Gasteiger partial charge on any atom is 0.249 e. The van der Waals surface area contributed by atoms with E-state index in [4.69, 9.17) is 4.74 Å². The summed E-state index contributed by atoms with van der Waals surface area (Å²) in [6.45, 7) is 1.29. The first-order chi connectivity index (χ1) is 10.3. The molecule has 3 rings (SSSR count). The van der Waals surface area contributed by atoms with Gasteiger partial charge in [-0.3, -0.25) is 9.78 Å². The summed E-state index contributed by atoms with van der Waals surface area (Å²) in [7, 11) is 0. The molecule has 1 atom stereocenters. The van der Waals surface area contributed by atoms with Gasteiger partial charge in [0.25, 0.3) is 0 Å². The summed E-state index contributed by atoms with van der Waals surface area (Å²) >= 11 is 1.61. The van der Waals surface area contributed by atoms with E-state index in [1.807, 2.05) is 17.5 Å². The molecule has 2 aromatic rings. The van der Waals surface area contributed by atoms with E-state index in [1.165, 1.54) is 0 Å². The fourth-order valence-electron chi connectivity index (χ4n) is 2.26. The van der Waals surface area contributed by atoms with E-state index in [-0.39, 0.29) is 12.0 Å². The molecule has 5 nitrogen and oxygen atoms in total. The highest BCUT2D eigenvalue weighted by atomic mass is 32.1. The lowest BCUT2D eigenvalue weighted by Gasteiger charge is -2.09. The topological polar surface area (TPSA) is 64.1 Å². The summed E-state index contributed by atoms with van der Waals surface area (Å²) in [5.41, 5.74) is 2.07. The molecule has 0 bridgehead atoms. The molecule has 0 spiro atoms. The van der Waals surface area contributed by atoms with Crippen LogP contribution in [0.1, 0.15) is 18.5 Å². The van der Waals surface area contributed by atoms with E-state index in [9.17, 15) is 4.79 Å². The molecule has 3 heterocycles. The number of hydrogen-bond donors (Lipinski definition) is 1. The van der Waals surface area contributed by atoms with Crippen molar-refractivity contribution in [2.24, 2.45) is 0 Å². The number of amides is 1. The van der Waals surface area contributed by atoms with Crippen LogP contribution in [0.4, 0.5) is 0 Å². The number of nitrogens with one attached hydrogen (secondary N) is 1. The van der Waals surface area contributed by atoms with Crippen molar-refractivity contribution >= 4 is 17.2 Å². The lowest BCUT2D eigenvalue weighted by Crippen LogP contribution is -2.35. The minimum absolute atomic E-state index is 0.00270. The van der Waals surface area contributed by atoms with Crippen molar-refractivity contribution in [3.63, 3.8) is 0 Å². The maximum absolute atomic E-state index is 11.8. The van der Waals surface area contributed by atoms with Crippen LogP contribution in [0.5, 0.6) is 0 Å². The average molecular weight is 303 g/mol. The standard InChI is InChI=1S/C15H17N3O2S/c19-14(13-2-1-9-20-13)17-8-5-12-10-21-15(18-12)11-3-6-16-7-4-11/h3-4,6-7,10,13H,1-2,5,8-9H2,(H,17,19). The summed E-state index contributed by atoms with van der Waals surface area (Å²) < 4.78 is 5.35. The van der Waals surface area contributed by atoms with Crippen LogP contribution in [0.15, 0.2) is 29.9 Å². The van der Waals surface area contributed by atoms with Crippen molar-refractivity contribution in [2.75, 3.05) is 13.2 Å². The van der Waals surface area contributed by atoms with E-state index in [0.717, 1.165) is 35.5 Å². The minimum Gasteiger partial charge on any atom is -0.368 e. The molecule has 1 fully saturated rings. The average Bonchev–Trinajstić information content (AvgIpc) is 3.20. The van der Waals surface area contributed by atoms with E-state index < -0.39 is 0 Å². The van der Waals surface area contributed by atoms with Crippen LogP contribution >= 0.6 is 11.3 Å². The zero-order valence-electron chi connectivity index (χ0n) is 11.6. The van der Waals surface area contributed by atoms with Gasteiger partial charge in [0, 0.05) is 42.9 Å². The Morgan fingerprint density at radius 1 is 1.43 bits per heavy atom. The predicted octanol–water partition coefficient (Wildman–Crippen LogP) is 2.04. The highest BCUT2D eigenvalue weighted by molar-refractivity contribution is 7.13. The third kappa shape index (κ3) is 3.65. The number of carbonyl (C=O) groups is 1. The maximum atomic E-state index is 11.8. The molecule has 0 aromatic carbocycles. The SMILES string of the molecule is O=C(NCCc1csc(-c2ccncc2)n1)C1CCCO1. The molecule has 1 saturated heterocycles. The fraction of sp³-hybridized carbons (Fsp3) is 0.400. The Kier molecular flexibility index (Phi) is 4.57. The van der Waals surface area contributed by atoms with Gasteiger partial charge >= 0.3 is 0 Å². The monoisotopic (exact) mass is 303 g/mol. The number of hydrogen-bond acceptors (Lipinski definition) is 5. The Bertz CT molecular complexity index is 594. The number of pyridine rings is 1. The molecule has 0 saturated carbocycles. The van der Waals surface area contributed by atoms with Crippen LogP contribution in [0.2, 0.25) is 0 Å². The van der Waals surface area contributed by atoms with Gasteiger partial charge in [0.15, 0.2) is 0 Å². The van der Waals surface area contributed by atoms with E-state index >= 15 is 0 Å². The normalized spacial score (nSPS) is 17.8. The van der Waals surface area contributed by atoms with Crippen molar-refractivity contribution in [1.29, 1.82) is 0 Å². The first-order valence-electron chi connectivity index (χ1n) is 7.07. The second kappa shape index (κ2) is 6.78. The quantitative estimate of drug-likeness (QED) is 0.918. The highest BCUT2D eigenvalue weighted by Gasteiger charge is 2.22. The van der Waals surface area contributed by atoms with E-state index in [2.05, 4.69) is 15.3 Å². The fourth-order valence-corrected chi connectivity index (χ4v) is 3.12. The van der Waals surface area contributed by atoms with Crippen molar-refractivity contribution in [2.45, 2.75) is 25.4 Å². The van der Waals surface area contributed by atoms with Gasteiger partial charge in [0.2, 0.25) is 5.91 Å². The van der Waals surface area contributed by atoms with Crippen LogP contribution in [0.25, 0.3) is 10.6 Å². The number of rotatable bonds is 5. The molecule has 1 aliphatic rings. The molecule has 1 amide bonds. The van der Waals surface area contributed by atoms with Crippen molar-refractivity contribution in [3.05, 3.63) is 35.6 Å². The summed E-state index contributed by atoms with van der Waals surface area (Å²) in [5.74, 6) is -0.00270. The molecule has 0 radical (unpaired) electrons. The molecule has 6 heteroatoms. The Balaban J connectivity index is 1.50. The number of thiazole rings is 1. The molecule has 21 heavy (non-hydrogen) atoms. The molecule has 0 aliphatic carbocycles. The summed E-state index contributed by atoms with van der Waals surface area (Å²) in [6.07, 6.45) is 5.80. The van der Waals surface area contributed by atoms with Crippen LogP contribution in [0, 0.1) is 0 Å².